The Bertz CT molecular complexity index is 243. The van der Waals surface area contributed by atoms with Gasteiger partial charge in [-0.1, -0.05) is 0 Å². The molecular formula is C8H10N3. The third kappa shape index (κ3) is 1.77. The maximum absolute atomic E-state index is 7.13. The molecule has 0 aromatic carbocycles. The second-order valence-electron chi connectivity index (χ2n) is 2.29. The summed E-state index contributed by atoms with van der Waals surface area (Å²) >= 11 is 0. The monoisotopic (exact) mass is 148 g/mol. The maximum Gasteiger partial charge on any atom is 0.0982 e. The number of hydrogen-bond donors (Lipinski definition) is 2. The molecule has 0 aliphatic heterocycles. The average Bonchev–Trinajstić information content (AvgIpc) is 2.05. The van der Waals surface area contributed by atoms with E-state index in [4.69, 9.17) is 11.1 Å². The van der Waals surface area contributed by atoms with Crippen molar-refractivity contribution >= 4 is 5.84 Å². The van der Waals surface area contributed by atoms with Gasteiger partial charge in [-0.15, -0.1) is 0 Å². The number of nitrogens with two attached hydrogens (primary N) is 1. The molecule has 3 heteroatoms. The molecule has 1 radical (unpaired) electrons. The first kappa shape index (κ1) is 7.72. The Labute approximate surface area is 65.8 Å². The molecule has 0 aliphatic carbocycles. The topological polar surface area (TPSA) is 62.8 Å². The molecule has 1 rings (SSSR count). The lowest BCUT2D eigenvalue weighted by atomic mass is 10.0. The van der Waals surface area contributed by atoms with Crippen molar-refractivity contribution in [3.05, 3.63) is 37.0 Å². The highest BCUT2D eigenvalue weighted by Gasteiger charge is 2.06. The van der Waals surface area contributed by atoms with Crippen molar-refractivity contribution < 1.29 is 0 Å². The quantitative estimate of drug-likeness (QED) is 0.484. The van der Waals surface area contributed by atoms with Crippen molar-refractivity contribution in [2.24, 2.45) is 5.73 Å². The number of nitrogens with one attached hydrogen (secondary N) is 1. The van der Waals surface area contributed by atoms with Crippen LogP contribution in [0.4, 0.5) is 0 Å². The molecule has 3 N–H and O–H groups in total. The van der Waals surface area contributed by atoms with E-state index in [9.17, 15) is 0 Å². The molecule has 11 heavy (non-hydrogen) atoms. The Morgan fingerprint density at radius 1 is 1.55 bits per heavy atom. The van der Waals surface area contributed by atoms with E-state index >= 15 is 0 Å². The lowest BCUT2D eigenvalue weighted by molar-refractivity contribution is 1.08. The summed E-state index contributed by atoms with van der Waals surface area (Å²) < 4.78 is 0. The number of aromatic nitrogens is 1. The van der Waals surface area contributed by atoms with Crippen LogP contribution in [0.2, 0.25) is 0 Å². The van der Waals surface area contributed by atoms with Gasteiger partial charge in [-0.25, -0.2) is 0 Å². The number of hydrogen-bond acceptors (Lipinski definition) is 2. The van der Waals surface area contributed by atoms with Crippen LogP contribution in [-0.4, -0.2) is 10.8 Å². The fraction of sp³-hybridized carbons (Fsp3) is 0.125. The Balaban J connectivity index is 2.85. The van der Waals surface area contributed by atoms with Crippen LogP contribution in [0.1, 0.15) is 11.5 Å². The standard InChI is InChI=1S/C8H10N3/c1-6(8(9)10)7-2-4-11-5-3-7/h2-6H,1H2,(H3,9,10). The first-order valence-corrected chi connectivity index (χ1v) is 3.28. The van der Waals surface area contributed by atoms with E-state index in [0.717, 1.165) is 5.56 Å². The van der Waals surface area contributed by atoms with Gasteiger partial charge in [-0.2, -0.15) is 0 Å². The van der Waals surface area contributed by atoms with Crippen molar-refractivity contribution in [3.63, 3.8) is 0 Å². The molecule has 1 unspecified atom stereocenters. The highest BCUT2D eigenvalue weighted by atomic mass is 14.7. The van der Waals surface area contributed by atoms with Gasteiger partial charge in [0.1, 0.15) is 0 Å². The summed E-state index contributed by atoms with van der Waals surface area (Å²) in [5.41, 5.74) is 6.19. The van der Waals surface area contributed by atoms with Crippen LogP contribution in [0.5, 0.6) is 0 Å². The lowest BCUT2D eigenvalue weighted by Gasteiger charge is -2.07. The van der Waals surface area contributed by atoms with E-state index in [1.54, 1.807) is 24.5 Å². The van der Waals surface area contributed by atoms with Gasteiger partial charge in [-0.3, -0.25) is 10.4 Å². The molecule has 0 bridgehead atoms. The zero-order chi connectivity index (χ0) is 8.27. The van der Waals surface area contributed by atoms with Crippen LogP contribution in [0, 0.1) is 12.3 Å². The van der Waals surface area contributed by atoms with Crippen molar-refractivity contribution in [2.75, 3.05) is 0 Å². The van der Waals surface area contributed by atoms with E-state index in [1.165, 1.54) is 0 Å². The summed E-state index contributed by atoms with van der Waals surface area (Å²) in [6.45, 7) is 3.73. The first-order valence-electron chi connectivity index (χ1n) is 3.28. The normalized spacial score (nSPS) is 12.5. The fourth-order valence-electron chi connectivity index (χ4n) is 0.775. The SMILES string of the molecule is [CH2]C(C(=N)N)c1ccncc1. The van der Waals surface area contributed by atoms with Crippen molar-refractivity contribution in [1.82, 2.24) is 4.98 Å². The lowest BCUT2D eigenvalue weighted by Crippen LogP contribution is -2.17. The Morgan fingerprint density at radius 3 is 2.55 bits per heavy atom. The smallest absolute Gasteiger partial charge is 0.0982 e. The van der Waals surface area contributed by atoms with Gasteiger partial charge in [0.15, 0.2) is 0 Å². The number of amidine groups is 1. The van der Waals surface area contributed by atoms with Crippen LogP contribution in [0.25, 0.3) is 0 Å². The second kappa shape index (κ2) is 3.14. The predicted molar refractivity (Wildman–Crippen MR) is 44.2 cm³/mol. The van der Waals surface area contributed by atoms with Gasteiger partial charge >= 0.3 is 0 Å². The number of nitrogens with zero attached hydrogens (tertiary/aromatic N) is 1. The molecule has 0 fully saturated rings. The molecule has 1 heterocycles. The Morgan fingerprint density at radius 2 is 2.09 bits per heavy atom. The summed E-state index contributed by atoms with van der Waals surface area (Å²) in [4.78, 5) is 3.85. The van der Waals surface area contributed by atoms with Crippen molar-refractivity contribution in [3.8, 4) is 0 Å². The van der Waals surface area contributed by atoms with E-state index in [-0.39, 0.29) is 11.8 Å². The molecule has 0 amide bonds. The number of rotatable bonds is 2. The zero-order valence-electron chi connectivity index (χ0n) is 6.12. The average molecular weight is 148 g/mol. The van der Waals surface area contributed by atoms with Gasteiger partial charge in [0.2, 0.25) is 0 Å². The fourth-order valence-corrected chi connectivity index (χ4v) is 0.775. The first-order chi connectivity index (χ1) is 5.22. The molecule has 1 aromatic heterocycles. The molecular weight excluding hydrogens is 138 g/mol. The van der Waals surface area contributed by atoms with Gasteiger partial charge in [0, 0.05) is 18.3 Å². The molecule has 3 nitrogen and oxygen atoms in total. The largest absolute Gasteiger partial charge is 0.387 e. The van der Waals surface area contributed by atoms with Crippen LogP contribution >= 0.6 is 0 Å². The van der Waals surface area contributed by atoms with Crippen molar-refractivity contribution in [1.29, 1.82) is 5.41 Å². The summed E-state index contributed by atoms with van der Waals surface area (Å²) in [5, 5.41) is 7.13. The molecule has 1 aromatic rings. The van der Waals surface area contributed by atoms with Crippen LogP contribution in [0.3, 0.4) is 0 Å². The molecule has 0 aliphatic rings. The van der Waals surface area contributed by atoms with E-state index in [1.807, 2.05) is 0 Å². The highest BCUT2D eigenvalue weighted by molar-refractivity contribution is 5.85. The Kier molecular flexibility index (Phi) is 2.21. The minimum Gasteiger partial charge on any atom is -0.387 e. The van der Waals surface area contributed by atoms with Gasteiger partial charge in [0.25, 0.3) is 0 Å². The molecule has 1 atom stereocenters. The highest BCUT2D eigenvalue weighted by Crippen LogP contribution is 2.11. The van der Waals surface area contributed by atoms with Crippen LogP contribution < -0.4 is 5.73 Å². The molecule has 0 saturated heterocycles. The summed E-state index contributed by atoms with van der Waals surface area (Å²) in [6.07, 6.45) is 3.33. The molecule has 0 spiro atoms. The van der Waals surface area contributed by atoms with Crippen LogP contribution in [0.15, 0.2) is 24.5 Å². The summed E-state index contributed by atoms with van der Waals surface area (Å²) in [6, 6.07) is 3.61. The van der Waals surface area contributed by atoms with Gasteiger partial charge in [-0.05, 0) is 24.6 Å². The zero-order valence-corrected chi connectivity index (χ0v) is 6.12. The third-order valence-corrected chi connectivity index (χ3v) is 1.48. The summed E-state index contributed by atoms with van der Waals surface area (Å²) in [5.74, 6) is -0.172. The minimum atomic E-state index is -0.252. The maximum atomic E-state index is 7.13. The van der Waals surface area contributed by atoms with E-state index in [2.05, 4.69) is 11.9 Å². The molecule has 0 saturated carbocycles. The third-order valence-electron chi connectivity index (χ3n) is 1.48. The van der Waals surface area contributed by atoms with Crippen molar-refractivity contribution in [2.45, 2.75) is 5.92 Å². The van der Waals surface area contributed by atoms with Gasteiger partial charge < -0.3 is 5.73 Å². The summed E-state index contributed by atoms with van der Waals surface area (Å²) in [7, 11) is 0. The van der Waals surface area contributed by atoms with E-state index in [0.29, 0.717) is 0 Å². The molecule has 57 valence electrons. The van der Waals surface area contributed by atoms with Gasteiger partial charge in [0.05, 0.1) is 5.84 Å². The Hall–Kier alpha value is -1.38. The minimum absolute atomic E-state index is 0.0798. The second-order valence-corrected chi connectivity index (χ2v) is 2.29. The van der Waals surface area contributed by atoms with E-state index < -0.39 is 0 Å². The van der Waals surface area contributed by atoms with Crippen LogP contribution in [-0.2, 0) is 0 Å². The predicted octanol–water partition coefficient (Wildman–Crippen LogP) is 0.935. The number of pyridine rings is 1.